The van der Waals surface area contributed by atoms with E-state index in [0.29, 0.717) is 0 Å². The Labute approximate surface area is 107 Å². The van der Waals surface area contributed by atoms with Gasteiger partial charge in [0.2, 0.25) is 11.6 Å². The molecule has 0 fully saturated rings. The number of allylic oxidation sites excluding steroid dienone is 2. The fourth-order valence-corrected chi connectivity index (χ4v) is 1.92. The van der Waals surface area contributed by atoms with Crippen molar-refractivity contribution in [2.45, 2.75) is 0 Å². The minimum Gasteiger partial charge on any atom is -0.480 e. The molecular formula is C12H8ClNO4. The molecule has 0 spiro atoms. The number of carboxylic acid groups (broad SMARTS) is 1. The maximum atomic E-state index is 12.0. The monoisotopic (exact) mass is 265 g/mol. The Bertz CT molecular complexity index is 591. The summed E-state index contributed by atoms with van der Waals surface area (Å²) in [5.41, 5.74) is 0.288. The van der Waals surface area contributed by atoms with Crippen LogP contribution in [0.15, 0.2) is 35.0 Å². The first kappa shape index (κ1) is 12.3. The van der Waals surface area contributed by atoms with Crippen LogP contribution in [0.4, 0.5) is 0 Å². The van der Waals surface area contributed by atoms with Crippen LogP contribution in [0.5, 0.6) is 0 Å². The zero-order valence-corrected chi connectivity index (χ0v) is 9.82. The van der Waals surface area contributed by atoms with E-state index in [0.717, 1.165) is 0 Å². The molecule has 0 amide bonds. The highest BCUT2D eigenvalue weighted by Crippen LogP contribution is 2.26. The van der Waals surface area contributed by atoms with E-state index in [1.807, 2.05) is 0 Å². The summed E-state index contributed by atoms with van der Waals surface area (Å²) in [5.74, 6) is -2.11. The van der Waals surface area contributed by atoms with Crippen molar-refractivity contribution in [1.82, 2.24) is 5.32 Å². The number of rotatable bonds is 3. The fraction of sp³-hybridized carbons (Fsp3) is 0.0833. The second-order valence-corrected chi connectivity index (χ2v) is 4.02. The summed E-state index contributed by atoms with van der Waals surface area (Å²) in [6, 6.07) is 6.26. The Balaban J connectivity index is 2.43. The summed E-state index contributed by atoms with van der Waals surface area (Å²) in [5, 5.41) is 10.6. The number of nitrogens with one attached hydrogen (secondary N) is 1. The third-order valence-corrected chi connectivity index (χ3v) is 2.84. The van der Waals surface area contributed by atoms with Crippen LogP contribution in [-0.2, 0) is 4.79 Å². The van der Waals surface area contributed by atoms with Crippen molar-refractivity contribution >= 4 is 29.1 Å². The van der Waals surface area contributed by atoms with Crippen LogP contribution in [0.2, 0.25) is 0 Å². The summed E-state index contributed by atoms with van der Waals surface area (Å²) in [7, 11) is 0. The van der Waals surface area contributed by atoms with E-state index in [2.05, 4.69) is 5.32 Å². The normalized spacial score (nSPS) is 14.5. The van der Waals surface area contributed by atoms with Gasteiger partial charge in [-0.1, -0.05) is 35.9 Å². The number of benzene rings is 1. The first-order chi connectivity index (χ1) is 8.52. The van der Waals surface area contributed by atoms with Gasteiger partial charge in [-0.05, 0) is 0 Å². The molecule has 0 saturated heterocycles. The van der Waals surface area contributed by atoms with Crippen LogP contribution in [0.1, 0.15) is 20.7 Å². The van der Waals surface area contributed by atoms with Gasteiger partial charge in [-0.25, -0.2) is 0 Å². The van der Waals surface area contributed by atoms with Crippen molar-refractivity contribution in [3.63, 3.8) is 0 Å². The SMILES string of the molecule is O=C(O)CNC1=C(Cl)C(=O)c2ccccc2C1=O. The highest BCUT2D eigenvalue weighted by Gasteiger charge is 2.31. The lowest BCUT2D eigenvalue weighted by Gasteiger charge is -2.17. The van der Waals surface area contributed by atoms with Crippen molar-refractivity contribution in [1.29, 1.82) is 0 Å². The smallest absolute Gasteiger partial charge is 0.322 e. The Kier molecular flexibility index (Phi) is 3.16. The molecule has 0 radical (unpaired) electrons. The van der Waals surface area contributed by atoms with Crippen LogP contribution in [-0.4, -0.2) is 29.2 Å². The Morgan fingerprint density at radius 1 is 1.17 bits per heavy atom. The molecule has 92 valence electrons. The predicted molar refractivity (Wildman–Crippen MR) is 63.6 cm³/mol. The molecule has 0 atom stereocenters. The quantitative estimate of drug-likeness (QED) is 0.858. The first-order valence-electron chi connectivity index (χ1n) is 5.06. The lowest BCUT2D eigenvalue weighted by Crippen LogP contribution is -2.32. The van der Waals surface area contributed by atoms with E-state index in [4.69, 9.17) is 16.7 Å². The van der Waals surface area contributed by atoms with Gasteiger partial charge in [0.15, 0.2) is 0 Å². The molecule has 5 nitrogen and oxygen atoms in total. The third kappa shape index (κ3) is 2.00. The molecule has 0 aliphatic heterocycles. The fourth-order valence-electron chi connectivity index (χ4n) is 1.67. The Morgan fingerprint density at radius 3 is 2.28 bits per heavy atom. The van der Waals surface area contributed by atoms with E-state index >= 15 is 0 Å². The van der Waals surface area contributed by atoms with Crippen LogP contribution >= 0.6 is 11.6 Å². The van der Waals surface area contributed by atoms with E-state index < -0.39 is 24.1 Å². The molecular weight excluding hydrogens is 258 g/mol. The van der Waals surface area contributed by atoms with Gasteiger partial charge < -0.3 is 10.4 Å². The van der Waals surface area contributed by atoms with Gasteiger partial charge >= 0.3 is 5.97 Å². The van der Waals surface area contributed by atoms with Gasteiger partial charge in [0, 0.05) is 11.1 Å². The summed E-state index contributed by atoms with van der Waals surface area (Å²) >= 11 is 5.79. The summed E-state index contributed by atoms with van der Waals surface area (Å²) < 4.78 is 0. The molecule has 2 N–H and O–H groups in total. The zero-order chi connectivity index (χ0) is 13.3. The number of ketones is 2. The Hall–Kier alpha value is -2.14. The summed E-state index contributed by atoms with van der Waals surface area (Å²) in [4.78, 5) is 34.4. The summed E-state index contributed by atoms with van der Waals surface area (Å²) in [6.07, 6.45) is 0. The average Bonchev–Trinajstić information content (AvgIpc) is 2.36. The Morgan fingerprint density at radius 2 is 1.72 bits per heavy atom. The third-order valence-electron chi connectivity index (χ3n) is 2.48. The molecule has 6 heteroatoms. The molecule has 1 aromatic carbocycles. The van der Waals surface area contributed by atoms with Crippen LogP contribution in [0.3, 0.4) is 0 Å². The number of carbonyl (C=O) groups excluding carboxylic acids is 2. The minimum absolute atomic E-state index is 0.164. The maximum Gasteiger partial charge on any atom is 0.322 e. The topological polar surface area (TPSA) is 83.5 Å². The molecule has 0 unspecified atom stereocenters. The van der Waals surface area contributed by atoms with Gasteiger partial charge in [-0.2, -0.15) is 0 Å². The number of carbonyl (C=O) groups is 3. The van der Waals surface area contributed by atoms with Gasteiger partial charge in [-0.15, -0.1) is 0 Å². The van der Waals surface area contributed by atoms with Crippen LogP contribution in [0.25, 0.3) is 0 Å². The molecule has 0 heterocycles. The van der Waals surface area contributed by atoms with E-state index in [1.54, 1.807) is 12.1 Å². The van der Waals surface area contributed by atoms with Crippen LogP contribution < -0.4 is 5.32 Å². The molecule has 0 bridgehead atoms. The van der Waals surface area contributed by atoms with Crippen molar-refractivity contribution in [3.8, 4) is 0 Å². The standard InChI is InChI=1S/C12H8ClNO4/c13-9-10(14-5-8(15)16)12(18)7-4-2-1-3-6(7)11(9)17/h1-4,14H,5H2,(H,15,16). The number of carboxylic acids is 1. The van der Waals surface area contributed by atoms with E-state index in [1.165, 1.54) is 12.1 Å². The number of fused-ring (bicyclic) bond motifs is 1. The van der Waals surface area contributed by atoms with Crippen molar-refractivity contribution < 1.29 is 19.5 Å². The van der Waals surface area contributed by atoms with Gasteiger partial charge in [0.1, 0.15) is 17.3 Å². The molecule has 1 aliphatic carbocycles. The van der Waals surface area contributed by atoms with Crippen molar-refractivity contribution in [2.24, 2.45) is 0 Å². The molecule has 1 aliphatic rings. The number of Topliss-reactive ketones (excluding diaryl/α,β-unsaturated/α-hetero) is 2. The lowest BCUT2D eigenvalue weighted by atomic mass is 9.92. The maximum absolute atomic E-state index is 12.0. The summed E-state index contributed by atoms with van der Waals surface area (Å²) in [6.45, 7) is -0.479. The largest absolute Gasteiger partial charge is 0.480 e. The highest BCUT2D eigenvalue weighted by atomic mass is 35.5. The zero-order valence-electron chi connectivity index (χ0n) is 9.07. The van der Waals surface area contributed by atoms with Crippen LogP contribution in [0, 0.1) is 0 Å². The van der Waals surface area contributed by atoms with Gasteiger partial charge in [-0.3, -0.25) is 14.4 Å². The molecule has 0 aromatic heterocycles. The van der Waals surface area contributed by atoms with E-state index in [-0.39, 0.29) is 21.9 Å². The molecule has 0 saturated carbocycles. The second kappa shape index (κ2) is 4.62. The minimum atomic E-state index is -1.15. The van der Waals surface area contributed by atoms with E-state index in [9.17, 15) is 14.4 Å². The number of aliphatic carboxylic acids is 1. The lowest BCUT2D eigenvalue weighted by molar-refractivity contribution is -0.135. The molecule has 1 aromatic rings. The predicted octanol–water partition coefficient (Wildman–Crippen LogP) is 1.19. The second-order valence-electron chi connectivity index (χ2n) is 3.64. The number of halogens is 1. The number of hydrogen-bond donors (Lipinski definition) is 2. The van der Waals surface area contributed by atoms with Gasteiger partial charge in [0.05, 0.1) is 0 Å². The molecule has 18 heavy (non-hydrogen) atoms. The number of hydrogen-bond acceptors (Lipinski definition) is 4. The average molecular weight is 266 g/mol. The van der Waals surface area contributed by atoms with Crippen molar-refractivity contribution in [2.75, 3.05) is 6.54 Å². The van der Waals surface area contributed by atoms with Gasteiger partial charge in [0.25, 0.3) is 0 Å². The molecule has 2 rings (SSSR count). The van der Waals surface area contributed by atoms with Crippen molar-refractivity contribution in [3.05, 3.63) is 46.1 Å². The highest BCUT2D eigenvalue weighted by molar-refractivity contribution is 6.49. The first-order valence-corrected chi connectivity index (χ1v) is 5.44.